The second-order valence-corrected chi connectivity index (χ2v) is 3.52. The first kappa shape index (κ1) is 10.8. The zero-order chi connectivity index (χ0) is 10.4. The number of hydrogen-bond donors (Lipinski definition) is 0. The quantitative estimate of drug-likeness (QED) is 0.773. The van der Waals surface area contributed by atoms with E-state index in [1.165, 1.54) is 0 Å². The molecule has 0 fully saturated rings. The van der Waals surface area contributed by atoms with Crippen molar-refractivity contribution in [1.82, 2.24) is 0 Å². The standard InChI is InChI=1S/C11H9BrN2/c12-8-11-6-9(1-3-13)5-10(7-11)2-4-14/h5-7H,1-2,8H2. The third-order valence-corrected chi connectivity index (χ3v) is 2.48. The highest BCUT2D eigenvalue weighted by Gasteiger charge is 2.00. The molecule has 0 spiro atoms. The number of benzene rings is 1. The molecule has 0 heterocycles. The van der Waals surface area contributed by atoms with Gasteiger partial charge in [-0.05, 0) is 16.7 Å². The summed E-state index contributed by atoms with van der Waals surface area (Å²) >= 11 is 3.36. The van der Waals surface area contributed by atoms with Crippen LogP contribution in [0.5, 0.6) is 0 Å². The number of hydrogen-bond acceptors (Lipinski definition) is 2. The van der Waals surface area contributed by atoms with Gasteiger partial charge in [0.15, 0.2) is 0 Å². The number of nitriles is 2. The molecule has 0 amide bonds. The fourth-order valence-electron chi connectivity index (χ4n) is 1.30. The first-order valence-electron chi connectivity index (χ1n) is 4.21. The predicted molar refractivity (Wildman–Crippen MR) is 57.7 cm³/mol. The van der Waals surface area contributed by atoms with Gasteiger partial charge in [0, 0.05) is 5.33 Å². The molecule has 1 aromatic carbocycles. The molecule has 2 nitrogen and oxygen atoms in total. The average molecular weight is 249 g/mol. The van der Waals surface area contributed by atoms with Crippen LogP contribution in [0.25, 0.3) is 0 Å². The van der Waals surface area contributed by atoms with Gasteiger partial charge in [-0.1, -0.05) is 34.1 Å². The summed E-state index contributed by atoms with van der Waals surface area (Å²) in [6.45, 7) is 0. The van der Waals surface area contributed by atoms with E-state index >= 15 is 0 Å². The third kappa shape index (κ3) is 2.87. The maximum atomic E-state index is 8.58. The van der Waals surface area contributed by atoms with Crippen LogP contribution in [0.2, 0.25) is 0 Å². The lowest BCUT2D eigenvalue weighted by molar-refractivity contribution is 1.18. The van der Waals surface area contributed by atoms with Gasteiger partial charge in [-0.3, -0.25) is 0 Å². The van der Waals surface area contributed by atoms with E-state index in [1.807, 2.05) is 18.2 Å². The molecule has 0 aliphatic rings. The van der Waals surface area contributed by atoms with Gasteiger partial charge in [-0.15, -0.1) is 0 Å². The Kier molecular flexibility index (Phi) is 4.16. The highest BCUT2D eigenvalue weighted by atomic mass is 79.9. The van der Waals surface area contributed by atoms with Gasteiger partial charge in [0.05, 0.1) is 25.0 Å². The number of halogens is 1. The van der Waals surface area contributed by atoms with Crippen LogP contribution in [0.3, 0.4) is 0 Å². The predicted octanol–water partition coefficient (Wildman–Crippen LogP) is 2.71. The smallest absolute Gasteiger partial charge is 0.0669 e. The van der Waals surface area contributed by atoms with Crippen LogP contribution in [0.15, 0.2) is 18.2 Å². The van der Waals surface area contributed by atoms with Crippen LogP contribution in [-0.2, 0) is 18.2 Å². The largest absolute Gasteiger partial charge is 0.198 e. The van der Waals surface area contributed by atoms with E-state index < -0.39 is 0 Å². The second-order valence-electron chi connectivity index (χ2n) is 2.96. The SMILES string of the molecule is N#CCc1cc(CBr)cc(CC#N)c1. The van der Waals surface area contributed by atoms with Crippen molar-refractivity contribution >= 4 is 15.9 Å². The highest BCUT2D eigenvalue weighted by Crippen LogP contribution is 2.14. The van der Waals surface area contributed by atoms with Gasteiger partial charge in [0.25, 0.3) is 0 Å². The number of nitrogens with zero attached hydrogens (tertiary/aromatic N) is 2. The maximum Gasteiger partial charge on any atom is 0.0669 e. The second kappa shape index (κ2) is 5.42. The van der Waals surface area contributed by atoms with Gasteiger partial charge < -0.3 is 0 Å². The van der Waals surface area contributed by atoms with Crippen molar-refractivity contribution in [2.75, 3.05) is 0 Å². The Balaban J connectivity index is 3.03. The van der Waals surface area contributed by atoms with E-state index in [0.717, 1.165) is 22.0 Å². The lowest BCUT2D eigenvalue weighted by Gasteiger charge is -2.03. The van der Waals surface area contributed by atoms with Gasteiger partial charge in [0.2, 0.25) is 0 Å². The Labute approximate surface area is 91.9 Å². The van der Waals surface area contributed by atoms with Crippen LogP contribution >= 0.6 is 15.9 Å². The molecule has 0 aliphatic carbocycles. The van der Waals surface area contributed by atoms with Crippen molar-refractivity contribution in [3.05, 3.63) is 34.9 Å². The van der Waals surface area contributed by atoms with Gasteiger partial charge in [0.1, 0.15) is 0 Å². The summed E-state index contributed by atoms with van der Waals surface area (Å²) in [6, 6.07) is 10.1. The van der Waals surface area contributed by atoms with Crippen molar-refractivity contribution in [3.8, 4) is 12.1 Å². The van der Waals surface area contributed by atoms with Crippen molar-refractivity contribution in [2.24, 2.45) is 0 Å². The molecule has 3 heteroatoms. The molecule has 0 aliphatic heterocycles. The molecule has 70 valence electrons. The first-order valence-corrected chi connectivity index (χ1v) is 5.34. The molecule has 0 N–H and O–H groups in total. The Morgan fingerprint density at radius 1 is 0.929 bits per heavy atom. The first-order chi connectivity index (χ1) is 6.80. The number of alkyl halides is 1. The molecule has 0 radical (unpaired) electrons. The van der Waals surface area contributed by atoms with Gasteiger partial charge >= 0.3 is 0 Å². The Bertz CT molecular complexity index is 364. The van der Waals surface area contributed by atoms with E-state index in [1.54, 1.807) is 0 Å². The zero-order valence-corrected chi connectivity index (χ0v) is 9.21. The van der Waals surface area contributed by atoms with Crippen LogP contribution in [0, 0.1) is 22.7 Å². The van der Waals surface area contributed by atoms with Gasteiger partial charge in [-0.25, -0.2) is 0 Å². The summed E-state index contributed by atoms with van der Waals surface area (Å²) in [6.07, 6.45) is 0.804. The summed E-state index contributed by atoms with van der Waals surface area (Å²) < 4.78 is 0. The Hall–Kier alpha value is -1.32. The summed E-state index contributed by atoms with van der Waals surface area (Å²) in [7, 11) is 0. The van der Waals surface area contributed by atoms with Gasteiger partial charge in [-0.2, -0.15) is 10.5 Å². The van der Waals surface area contributed by atoms with Crippen LogP contribution in [0.4, 0.5) is 0 Å². The minimum absolute atomic E-state index is 0.402. The Morgan fingerprint density at radius 3 is 1.71 bits per heavy atom. The molecule has 0 aromatic heterocycles. The third-order valence-electron chi connectivity index (χ3n) is 1.83. The average Bonchev–Trinajstić information content (AvgIpc) is 2.18. The van der Waals surface area contributed by atoms with Crippen LogP contribution in [0.1, 0.15) is 16.7 Å². The van der Waals surface area contributed by atoms with E-state index in [-0.39, 0.29) is 0 Å². The van der Waals surface area contributed by atoms with Crippen LogP contribution < -0.4 is 0 Å². The van der Waals surface area contributed by atoms with E-state index in [4.69, 9.17) is 10.5 Å². The minimum Gasteiger partial charge on any atom is -0.198 e. The summed E-state index contributed by atoms with van der Waals surface area (Å²) in [5.74, 6) is 0. The lowest BCUT2D eigenvalue weighted by atomic mass is 10.0. The molecule has 0 saturated heterocycles. The highest BCUT2D eigenvalue weighted by molar-refractivity contribution is 9.08. The molecule has 1 rings (SSSR count). The summed E-state index contributed by atoms with van der Waals surface area (Å²) in [5.41, 5.74) is 3.08. The molecule has 14 heavy (non-hydrogen) atoms. The molecular formula is C11H9BrN2. The van der Waals surface area contributed by atoms with Crippen LogP contribution in [-0.4, -0.2) is 0 Å². The molecule has 0 atom stereocenters. The fourth-order valence-corrected chi connectivity index (χ4v) is 1.63. The summed E-state index contributed by atoms with van der Waals surface area (Å²) in [5, 5.41) is 17.9. The molecule has 0 unspecified atom stereocenters. The molecule has 1 aromatic rings. The Morgan fingerprint density at radius 2 is 1.36 bits per heavy atom. The zero-order valence-electron chi connectivity index (χ0n) is 7.63. The normalized spacial score (nSPS) is 9.07. The van der Waals surface area contributed by atoms with Crippen molar-refractivity contribution < 1.29 is 0 Å². The topological polar surface area (TPSA) is 47.6 Å². The van der Waals surface area contributed by atoms with E-state index in [9.17, 15) is 0 Å². The van der Waals surface area contributed by atoms with E-state index in [2.05, 4.69) is 28.1 Å². The lowest BCUT2D eigenvalue weighted by Crippen LogP contribution is -1.90. The maximum absolute atomic E-state index is 8.58. The van der Waals surface area contributed by atoms with Crippen molar-refractivity contribution in [1.29, 1.82) is 10.5 Å². The molecular weight excluding hydrogens is 240 g/mol. The van der Waals surface area contributed by atoms with E-state index in [0.29, 0.717) is 12.8 Å². The van der Waals surface area contributed by atoms with Crippen molar-refractivity contribution in [3.63, 3.8) is 0 Å². The summed E-state index contributed by atoms with van der Waals surface area (Å²) in [4.78, 5) is 0. The molecule has 0 saturated carbocycles. The number of rotatable bonds is 3. The van der Waals surface area contributed by atoms with Crippen molar-refractivity contribution in [2.45, 2.75) is 18.2 Å². The fraction of sp³-hybridized carbons (Fsp3) is 0.273. The monoisotopic (exact) mass is 248 g/mol. The molecule has 0 bridgehead atoms. The minimum atomic E-state index is 0.402.